The van der Waals surface area contributed by atoms with Gasteiger partial charge in [-0.2, -0.15) is 0 Å². The number of nitrogens with two attached hydrogens (primary N) is 1. The summed E-state index contributed by atoms with van der Waals surface area (Å²) in [5.41, 5.74) is 6.62. The molecule has 15 heavy (non-hydrogen) atoms. The van der Waals surface area contributed by atoms with Gasteiger partial charge in [0.1, 0.15) is 5.82 Å². The first-order chi connectivity index (χ1) is 7.16. The molecule has 2 nitrogen and oxygen atoms in total. The summed E-state index contributed by atoms with van der Waals surface area (Å²) in [6.07, 6.45) is 2.28. The van der Waals surface area contributed by atoms with Crippen molar-refractivity contribution in [1.29, 1.82) is 0 Å². The maximum absolute atomic E-state index is 12.8. The largest absolute Gasteiger partial charge is 0.387 e. The Balaban J connectivity index is 2.04. The molecule has 0 atom stereocenters. The van der Waals surface area contributed by atoms with Crippen LogP contribution in [0.3, 0.4) is 0 Å². The number of hydrogen-bond acceptors (Lipinski definition) is 1. The highest BCUT2D eigenvalue weighted by Crippen LogP contribution is 2.29. The molecule has 80 valence electrons. The fourth-order valence-electron chi connectivity index (χ4n) is 1.33. The molecular weight excluding hydrogens is 215 g/mol. The molecule has 2 N–H and O–H groups in total. The highest BCUT2D eigenvalue weighted by Gasteiger charge is 2.25. The Morgan fingerprint density at radius 3 is 2.87 bits per heavy atom. The molecule has 2 rings (SSSR count). The lowest BCUT2D eigenvalue weighted by Gasteiger charge is -2.00. The summed E-state index contributed by atoms with van der Waals surface area (Å²) in [5.74, 6) is 0.774. The number of rotatable bonds is 3. The first-order valence-electron chi connectivity index (χ1n) is 4.90. The molecule has 0 spiro atoms. The summed E-state index contributed by atoms with van der Waals surface area (Å²) < 4.78 is 12.8. The zero-order chi connectivity index (χ0) is 10.8. The van der Waals surface area contributed by atoms with Gasteiger partial charge < -0.3 is 5.73 Å². The van der Waals surface area contributed by atoms with Crippen LogP contribution in [0.25, 0.3) is 0 Å². The van der Waals surface area contributed by atoms with E-state index in [4.69, 9.17) is 17.3 Å². The minimum Gasteiger partial charge on any atom is -0.387 e. The van der Waals surface area contributed by atoms with Crippen molar-refractivity contribution in [1.82, 2.24) is 0 Å². The molecule has 0 aromatic heterocycles. The highest BCUT2D eigenvalue weighted by molar-refractivity contribution is 6.30. The average Bonchev–Trinajstić information content (AvgIpc) is 3.03. The van der Waals surface area contributed by atoms with Gasteiger partial charge in [-0.1, -0.05) is 17.7 Å². The Bertz CT molecular complexity index is 400. The normalized spacial score (nSPS) is 16.8. The van der Waals surface area contributed by atoms with Crippen LogP contribution in [-0.4, -0.2) is 5.84 Å². The van der Waals surface area contributed by atoms with Crippen molar-refractivity contribution in [2.45, 2.75) is 19.4 Å². The lowest BCUT2D eigenvalue weighted by Crippen LogP contribution is -2.14. The predicted octanol–water partition coefficient (Wildman–Crippen LogP) is 2.75. The number of halogens is 2. The van der Waals surface area contributed by atoms with Crippen LogP contribution < -0.4 is 5.73 Å². The maximum Gasteiger partial charge on any atom is 0.141 e. The van der Waals surface area contributed by atoms with Crippen LogP contribution in [0.5, 0.6) is 0 Å². The van der Waals surface area contributed by atoms with E-state index in [-0.39, 0.29) is 5.02 Å². The SMILES string of the molecule is NC(=NCc1ccc(F)c(Cl)c1)C1CC1. The number of hydrogen-bond donors (Lipinski definition) is 1. The molecule has 1 fully saturated rings. The minimum absolute atomic E-state index is 0.132. The van der Waals surface area contributed by atoms with Crippen LogP contribution in [-0.2, 0) is 6.54 Å². The molecule has 0 amide bonds. The summed E-state index contributed by atoms with van der Waals surface area (Å²) in [6, 6.07) is 4.60. The van der Waals surface area contributed by atoms with E-state index in [1.807, 2.05) is 0 Å². The molecule has 0 aliphatic heterocycles. The number of amidine groups is 1. The molecule has 1 aromatic rings. The average molecular weight is 227 g/mol. The van der Waals surface area contributed by atoms with E-state index in [2.05, 4.69) is 4.99 Å². The standard InChI is InChI=1S/C11H12ClFN2/c12-9-5-7(1-4-10(9)13)6-15-11(14)8-2-3-8/h1,4-5,8H,2-3,6H2,(H2,14,15). The van der Waals surface area contributed by atoms with Gasteiger partial charge >= 0.3 is 0 Å². The van der Waals surface area contributed by atoms with Crippen molar-refractivity contribution >= 4 is 17.4 Å². The van der Waals surface area contributed by atoms with Crippen LogP contribution in [0.4, 0.5) is 4.39 Å². The second kappa shape index (κ2) is 4.19. The van der Waals surface area contributed by atoms with E-state index in [0.717, 1.165) is 18.4 Å². The van der Waals surface area contributed by atoms with E-state index in [1.165, 1.54) is 6.07 Å². The van der Waals surface area contributed by atoms with Gasteiger partial charge in [0.15, 0.2) is 0 Å². The molecule has 1 aliphatic rings. The third-order valence-electron chi connectivity index (χ3n) is 2.42. The summed E-state index contributed by atoms with van der Waals surface area (Å²) in [6.45, 7) is 0.475. The zero-order valence-corrected chi connectivity index (χ0v) is 8.97. The molecular formula is C11H12ClFN2. The maximum atomic E-state index is 12.8. The first kappa shape index (κ1) is 10.4. The monoisotopic (exact) mass is 226 g/mol. The molecule has 4 heteroatoms. The number of aliphatic imine (C=N–C) groups is 1. The Morgan fingerprint density at radius 2 is 2.27 bits per heavy atom. The topological polar surface area (TPSA) is 38.4 Å². The Hall–Kier alpha value is -1.09. The Morgan fingerprint density at radius 1 is 1.53 bits per heavy atom. The molecule has 1 aliphatic carbocycles. The van der Waals surface area contributed by atoms with Crippen molar-refractivity contribution in [2.75, 3.05) is 0 Å². The lowest BCUT2D eigenvalue weighted by atomic mass is 10.2. The minimum atomic E-state index is -0.403. The van der Waals surface area contributed by atoms with Crippen LogP contribution in [0.2, 0.25) is 5.02 Å². The van der Waals surface area contributed by atoms with Crippen molar-refractivity contribution in [3.05, 3.63) is 34.6 Å². The third kappa shape index (κ3) is 2.69. The van der Waals surface area contributed by atoms with E-state index < -0.39 is 5.82 Å². The van der Waals surface area contributed by atoms with Gasteiger partial charge in [0.05, 0.1) is 17.4 Å². The predicted molar refractivity (Wildman–Crippen MR) is 59.5 cm³/mol. The summed E-state index contributed by atoms with van der Waals surface area (Å²) in [7, 11) is 0. The highest BCUT2D eigenvalue weighted by atomic mass is 35.5. The van der Waals surface area contributed by atoms with Gasteiger partial charge in [0.25, 0.3) is 0 Å². The van der Waals surface area contributed by atoms with Gasteiger partial charge in [-0.3, -0.25) is 4.99 Å². The number of benzene rings is 1. The van der Waals surface area contributed by atoms with Gasteiger partial charge in [-0.25, -0.2) is 4.39 Å². The lowest BCUT2D eigenvalue weighted by molar-refractivity contribution is 0.627. The fraction of sp³-hybridized carbons (Fsp3) is 0.364. The molecule has 0 bridgehead atoms. The van der Waals surface area contributed by atoms with Crippen LogP contribution >= 0.6 is 11.6 Å². The van der Waals surface area contributed by atoms with Gasteiger partial charge in [-0.05, 0) is 30.5 Å². The zero-order valence-electron chi connectivity index (χ0n) is 8.21. The van der Waals surface area contributed by atoms with Crippen molar-refractivity contribution in [3.8, 4) is 0 Å². The smallest absolute Gasteiger partial charge is 0.141 e. The van der Waals surface area contributed by atoms with Crippen molar-refractivity contribution in [3.63, 3.8) is 0 Å². The van der Waals surface area contributed by atoms with E-state index >= 15 is 0 Å². The summed E-state index contributed by atoms with van der Waals surface area (Å²) >= 11 is 5.65. The second-order valence-electron chi connectivity index (χ2n) is 3.76. The van der Waals surface area contributed by atoms with E-state index in [0.29, 0.717) is 18.3 Å². The van der Waals surface area contributed by atoms with Gasteiger partial charge in [0.2, 0.25) is 0 Å². The summed E-state index contributed by atoms with van der Waals surface area (Å²) in [4.78, 5) is 4.24. The van der Waals surface area contributed by atoms with E-state index in [1.54, 1.807) is 12.1 Å². The first-order valence-corrected chi connectivity index (χ1v) is 5.28. The quantitative estimate of drug-likeness (QED) is 0.625. The summed E-state index contributed by atoms with van der Waals surface area (Å²) in [5, 5.41) is 0.132. The van der Waals surface area contributed by atoms with Crippen LogP contribution in [0.15, 0.2) is 23.2 Å². The van der Waals surface area contributed by atoms with Crippen LogP contribution in [0.1, 0.15) is 18.4 Å². The molecule has 0 saturated heterocycles. The third-order valence-corrected chi connectivity index (χ3v) is 2.71. The number of nitrogens with zero attached hydrogens (tertiary/aromatic N) is 1. The molecule has 1 aromatic carbocycles. The molecule has 1 saturated carbocycles. The Labute approximate surface area is 93.0 Å². The van der Waals surface area contributed by atoms with Crippen LogP contribution in [0, 0.1) is 11.7 Å². The Kier molecular flexibility index (Phi) is 2.91. The fourth-order valence-corrected chi connectivity index (χ4v) is 1.53. The molecule has 0 radical (unpaired) electrons. The van der Waals surface area contributed by atoms with Crippen molar-refractivity contribution < 1.29 is 4.39 Å². The van der Waals surface area contributed by atoms with Gasteiger partial charge in [0, 0.05) is 5.92 Å². The van der Waals surface area contributed by atoms with Crippen molar-refractivity contribution in [2.24, 2.45) is 16.6 Å². The van der Waals surface area contributed by atoms with E-state index in [9.17, 15) is 4.39 Å². The molecule has 0 unspecified atom stereocenters. The van der Waals surface area contributed by atoms with Gasteiger partial charge in [-0.15, -0.1) is 0 Å². The molecule has 0 heterocycles. The second-order valence-corrected chi connectivity index (χ2v) is 4.17.